The second kappa shape index (κ2) is 7.72. The molecule has 2 atom stereocenters. The molecule has 2 unspecified atom stereocenters. The Morgan fingerprint density at radius 3 is 2.24 bits per heavy atom. The van der Waals surface area contributed by atoms with E-state index in [2.05, 4.69) is 0 Å². The summed E-state index contributed by atoms with van der Waals surface area (Å²) in [5.41, 5.74) is 2.03. The highest BCUT2D eigenvalue weighted by atomic mass is 32.2. The summed E-state index contributed by atoms with van der Waals surface area (Å²) >= 11 is 0. The van der Waals surface area contributed by atoms with E-state index in [9.17, 15) is 13.2 Å². The van der Waals surface area contributed by atoms with Crippen molar-refractivity contribution in [2.45, 2.75) is 16.9 Å². The fourth-order valence-corrected chi connectivity index (χ4v) is 5.61. The number of ether oxygens (including phenoxy) is 2. The fourth-order valence-electron chi connectivity index (χ4n) is 3.71. The molecule has 0 aromatic heterocycles. The Morgan fingerprint density at radius 1 is 0.897 bits per heavy atom. The lowest BCUT2D eigenvalue weighted by Crippen LogP contribution is -2.43. The number of sulfone groups is 1. The van der Waals surface area contributed by atoms with E-state index in [1.807, 2.05) is 18.2 Å². The first kappa shape index (κ1) is 19.2. The Labute approximate surface area is 169 Å². The quantitative estimate of drug-likeness (QED) is 0.475. The Kier molecular flexibility index (Phi) is 5.11. The van der Waals surface area contributed by atoms with Crippen molar-refractivity contribution in [3.63, 3.8) is 0 Å². The first-order chi connectivity index (χ1) is 14.0. The summed E-state index contributed by atoms with van der Waals surface area (Å²) in [5.74, 6) is -0.594. The predicted molar refractivity (Wildman–Crippen MR) is 110 cm³/mol. The summed E-state index contributed by atoms with van der Waals surface area (Å²) in [6, 6.07) is 23.0. The van der Waals surface area contributed by atoms with Gasteiger partial charge in [-0.1, -0.05) is 60.7 Å². The minimum Gasteiger partial charge on any atom is -0.497 e. The minimum absolute atomic E-state index is 0.234. The normalized spacial score (nSPS) is 18.6. The molecule has 0 spiro atoms. The van der Waals surface area contributed by atoms with Crippen LogP contribution in [0.3, 0.4) is 0 Å². The van der Waals surface area contributed by atoms with E-state index in [4.69, 9.17) is 9.47 Å². The van der Waals surface area contributed by atoms with Gasteiger partial charge in [-0.15, -0.1) is 0 Å². The van der Waals surface area contributed by atoms with Crippen LogP contribution in [-0.2, 0) is 20.4 Å². The van der Waals surface area contributed by atoms with Crippen molar-refractivity contribution in [1.29, 1.82) is 0 Å². The number of para-hydroxylation sites is 1. The molecular formula is C23H20O5S. The molecule has 1 aliphatic heterocycles. The zero-order valence-corrected chi connectivity index (χ0v) is 16.6. The van der Waals surface area contributed by atoms with Crippen LogP contribution in [0.25, 0.3) is 0 Å². The van der Waals surface area contributed by atoms with Crippen molar-refractivity contribution in [2.75, 3.05) is 7.11 Å². The van der Waals surface area contributed by atoms with Gasteiger partial charge in [0.25, 0.3) is 0 Å². The van der Waals surface area contributed by atoms with Gasteiger partial charge in [-0.25, -0.2) is 8.42 Å². The van der Waals surface area contributed by atoms with Gasteiger partial charge in [-0.2, -0.15) is 0 Å². The molecule has 0 bridgehead atoms. The molecule has 0 amide bonds. The summed E-state index contributed by atoms with van der Waals surface area (Å²) in [4.78, 5) is 12.9. The highest BCUT2D eigenvalue weighted by Crippen LogP contribution is 2.42. The zero-order valence-electron chi connectivity index (χ0n) is 15.8. The number of hydrogen-bond donors (Lipinski definition) is 0. The lowest BCUT2D eigenvalue weighted by atomic mass is 9.86. The molecule has 1 aliphatic rings. The van der Waals surface area contributed by atoms with Crippen molar-refractivity contribution >= 4 is 15.8 Å². The molecule has 6 heteroatoms. The van der Waals surface area contributed by atoms with Crippen LogP contribution in [0.2, 0.25) is 0 Å². The van der Waals surface area contributed by atoms with E-state index in [1.54, 1.807) is 67.8 Å². The molecule has 29 heavy (non-hydrogen) atoms. The van der Waals surface area contributed by atoms with E-state index >= 15 is 0 Å². The van der Waals surface area contributed by atoms with Crippen molar-refractivity contribution in [3.05, 3.63) is 95.6 Å². The lowest BCUT2D eigenvalue weighted by Gasteiger charge is -2.32. The smallest absolute Gasteiger partial charge is 0.330 e. The lowest BCUT2D eigenvalue weighted by molar-refractivity contribution is -0.135. The predicted octanol–water partition coefficient (Wildman–Crippen LogP) is 3.73. The SMILES string of the molecule is COc1ccc(C2c3ccccc3OC(=O)C2S(=O)(=O)Cc2ccccc2)cc1. The molecule has 3 aromatic carbocycles. The molecule has 0 aliphatic carbocycles. The van der Waals surface area contributed by atoms with E-state index in [0.717, 1.165) is 5.56 Å². The maximum absolute atomic E-state index is 13.4. The van der Waals surface area contributed by atoms with Gasteiger partial charge in [0.1, 0.15) is 11.5 Å². The molecule has 0 N–H and O–H groups in total. The van der Waals surface area contributed by atoms with Crippen LogP contribution in [0.15, 0.2) is 78.9 Å². The third-order valence-electron chi connectivity index (χ3n) is 5.07. The van der Waals surface area contributed by atoms with E-state index in [1.165, 1.54) is 0 Å². The second-order valence-electron chi connectivity index (χ2n) is 6.92. The number of fused-ring (bicyclic) bond motifs is 1. The molecule has 5 nitrogen and oxygen atoms in total. The minimum atomic E-state index is -3.85. The molecular weight excluding hydrogens is 388 g/mol. The van der Waals surface area contributed by atoms with Crippen molar-refractivity contribution in [2.24, 2.45) is 0 Å². The number of benzene rings is 3. The fraction of sp³-hybridized carbons (Fsp3) is 0.174. The first-order valence-corrected chi connectivity index (χ1v) is 10.9. The maximum atomic E-state index is 13.4. The Hall–Kier alpha value is -3.12. The molecule has 0 fully saturated rings. The van der Waals surface area contributed by atoms with Crippen molar-refractivity contribution in [1.82, 2.24) is 0 Å². The number of carbonyl (C=O) groups excluding carboxylic acids is 1. The third-order valence-corrected chi connectivity index (χ3v) is 7.05. The second-order valence-corrected chi connectivity index (χ2v) is 9.05. The molecule has 1 heterocycles. The van der Waals surface area contributed by atoms with Gasteiger partial charge in [0, 0.05) is 11.5 Å². The van der Waals surface area contributed by atoms with E-state index in [-0.39, 0.29) is 5.75 Å². The highest BCUT2D eigenvalue weighted by molar-refractivity contribution is 7.92. The topological polar surface area (TPSA) is 69.7 Å². The number of hydrogen-bond acceptors (Lipinski definition) is 5. The van der Waals surface area contributed by atoms with Gasteiger partial charge in [0.05, 0.1) is 12.9 Å². The zero-order chi connectivity index (χ0) is 20.4. The van der Waals surface area contributed by atoms with Crippen LogP contribution in [-0.4, -0.2) is 26.7 Å². The highest BCUT2D eigenvalue weighted by Gasteiger charge is 2.46. The molecule has 148 valence electrons. The Bertz CT molecular complexity index is 1120. The van der Waals surface area contributed by atoms with Crippen LogP contribution < -0.4 is 9.47 Å². The van der Waals surface area contributed by atoms with Gasteiger partial charge in [0.2, 0.25) is 0 Å². The van der Waals surface area contributed by atoms with Crippen LogP contribution in [0, 0.1) is 0 Å². The Morgan fingerprint density at radius 2 is 1.55 bits per heavy atom. The van der Waals surface area contributed by atoms with Crippen molar-refractivity contribution < 1.29 is 22.7 Å². The number of methoxy groups -OCH3 is 1. The summed E-state index contributed by atoms with van der Waals surface area (Å²) in [6.07, 6.45) is 0. The third kappa shape index (κ3) is 3.76. The van der Waals surface area contributed by atoms with Crippen LogP contribution in [0.5, 0.6) is 11.5 Å². The van der Waals surface area contributed by atoms with Crippen LogP contribution in [0.1, 0.15) is 22.6 Å². The number of esters is 1. The van der Waals surface area contributed by atoms with Gasteiger partial charge in [0.15, 0.2) is 15.1 Å². The summed E-state index contributed by atoms with van der Waals surface area (Å²) in [7, 11) is -2.28. The van der Waals surface area contributed by atoms with Crippen molar-refractivity contribution in [3.8, 4) is 11.5 Å². The van der Waals surface area contributed by atoms with Gasteiger partial charge in [-0.3, -0.25) is 4.79 Å². The molecule has 4 rings (SSSR count). The first-order valence-electron chi connectivity index (χ1n) is 9.19. The molecule has 0 saturated carbocycles. The maximum Gasteiger partial charge on any atom is 0.330 e. The van der Waals surface area contributed by atoms with Crippen LogP contribution >= 0.6 is 0 Å². The standard InChI is InChI=1S/C23H20O5S/c1-27-18-13-11-17(12-14-18)21-19-9-5-6-10-20(19)28-23(24)22(21)29(25,26)15-16-7-3-2-4-8-16/h2-14,21-22H,15H2,1H3. The summed E-state index contributed by atoms with van der Waals surface area (Å²) in [6.45, 7) is 0. The monoisotopic (exact) mass is 408 g/mol. The largest absolute Gasteiger partial charge is 0.497 e. The van der Waals surface area contributed by atoms with Crippen LogP contribution in [0.4, 0.5) is 0 Å². The molecule has 0 radical (unpaired) electrons. The Balaban J connectivity index is 1.82. The van der Waals surface area contributed by atoms with Gasteiger partial charge in [-0.05, 0) is 29.3 Å². The van der Waals surface area contributed by atoms with Gasteiger partial charge >= 0.3 is 5.97 Å². The average molecular weight is 408 g/mol. The van der Waals surface area contributed by atoms with E-state index in [0.29, 0.717) is 22.6 Å². The number of carbonyl (C=O) groups is 1. The van der Waals surface area contributed by atoms with E-state index < -0.39 is 27.0 Å². The van der Waals surface area contributed by atoms with Gasteiger partial charge < -0.3 is 9.47 Å². The summed E-state index contributed by atoms with van der Waals surface area (Å²) < 4.78 is 37.3. The number of rotatable bonds is 5. The average Bonchev–Trinajstić information content (AvgIpc) is 2.73. The summed E-state index contributed by atoms with van der Waals surface area (Å²) in [5, 5.41) is -1.33. The molecule has 0 saturated heterocycles. The molecule has 3 aromatic rings.